The van der Waals surface area contributed by atoms with Crippen LogP contribution in [0.1, 0.15) is 23.7 Å². The summed E-state index contributed by atoms with van der Waals surface area (Å²) in [4.78, 5) is 25.7. The van der Waals surface area contributed by atoms with Crippen LogP contribution in [0.15, 0.2) is 23.8 Å². The Balaban J connectivity index is 2.41. The average molecular weight is 282 g/mol. The first-order valence-corrected chi connectivity index (χ1v) is 6.94. The van der Waals surface area contributed by atoms with E-state index in [-0.39, 0.29) is 11.8 Å². The Morgan fingerprint density at radius 2 is 1.62 bits per heavy atom. The molecule has 2 aromatic rings. The van der Waals surface area contributed by atoms with Crippen molar-refractivity contribution in [2.24, 2.45) is 7.05 Å². The van der Waals surface area contributed by atoms with Crippen molar-refractivity contribution in [2.75, 3.05) is 7.05 Å². The van der Waals surface area contributed by atoms with Gasteiger partial charge in [0.15, 0.2) is 0 Å². The van der Waals surface area contributed by atoms with Crippen LogP contribution in [0.2, 0.25) is 0 Å². The van der Waals surface area contributed by atoms with E-state index in [0.29, 0.717) is 11.1 Å². The van der Waals surface area contributed by atoms with E-state index in [9.17, 15) is 9.59 Å². The first-order valence-electron chi connectivity index (χ1n) is 6.94. The van der Waals surface area contributed by atoms with E-state index in [0.717, 1.165) is 27.7 Å². The van der Waals surface area contributed by atoms with E-state index in [1.807, 2.05) is 20.9 Å². The number of imide groups is 1. The molecule has 108 valence electrons. The number of rotatable bonds is 1. The number of likely N-dealkylation sites (N-methyl/N-ethyl adjacent to an activating group) is 1. The van der Waals surface area contributed by atoms with Crippen molar-refractivity contribution in [3.8, 4) is 0 Å². The molecule has 0 spiro atoms. The van der Waals surface area contributed by atoms with E-state index in [2.05, 4.69) is 22.8 Å². The number of carbonyl (C=O) groups is 2. The van der Waals surface area contributed by atoms with Crippen molar-refractivity contribution in [2.45, 2.75) is 20.8 Å². The molecule has 0 saturated carbocycles. The van der Waals surface area contributed by atoms with Gasteiger partial charge in [-0.3, -0.25) is 14.5 Å². The molecule has 0 saturated heterocycles. The number of aromatic nitrogens is 1. The molecule has 1 aliphatic rings. The lowest BCUT2D eigenvalue weighted by molar-refractivity contribution is -0.135. The molecule has 3 rings (SSSR count). The number of fused-ring (bicyclic) bond motifs is 1. The highest BCUT2D eigenvalue weighted by molar-refractivity contribution is 6.37. The van der Waals surface area contributed by atoms with Crippen molar-refractivity contribution >= 4 is 28.3 Å². The molecule has 2 amide bonds. The zero-order chi connectivity index (χ0) is 15.5. The van der Waals surface area contributed by atoms with Gasteiger partial charge in [-0.05, 0) is 32.9 Å². The normalized spacial score (nSPS) is 15.8. The molecule has 1 aromatic heterocycles. The Labute approximate surface area is 123 Å². The molecule has 21 heavy (non-hydrogen) atoms. The van der Waals surface area contributed by atoms with Crippen LogP contribution in [0.3, 0.4) is 0 Å². The monoisotopic (exact) mass is 282 g/mol. The SMILES string of the molecule is CC1=C(c2c(C)n(C)c3ccc(C)cc23)C(=O)N(C)C1=O. The van der Waals surface area contributed by atoms with Gasteiger partial charge in [-0.25, -0.2) is 0 Å². The predicted molar refractivity (Wildman–Crippen MR) is 82.8 cm³/mol. The third-order valence-corrected chi connectivity index (χ3v) is 4.42. The van der Waals surface area contributed by atoms with E-state index in [4.69, 9.17) is 0 Å². The Kier molecular flexibility index (Phi) is 2.80. The van der Waals surface area contributed by atoms with Crippen molar-refractivity contribution in [3.05, 3.63) is 40.6 Å². The molecule has 1 aromatic carbocycles. The van der Waals surface area contributed by atoms with Gasteiger partial charge in [0.05, 0.1) is 5.57 Å². The summed E-state index contributed by atoms with van der Waals surface area (Å²) in [5, 5.41) is 1.03. The van der Waals surface area contributed by atoms with Crippen LogP contribution in [0.25, 0.3) is 16.5 Å². The number of carbonyl (C=O) groups excluding carboxylic acids is 2. The van der Waals surface area contributed by atoms with Gasteiger partial charge < -0.3 is 4.57 Å². The maximum Gasteiger partial charge on any atom is 0.261 e. The maximum atomic E-state index is 12.5. The maximum absolute atomic E-state index is 12.5. The Morgan fingerprint density at radius 3 is 2.19 bits per heavy atom. The Bertz CT molecular complexity index is 840. The minimum Gasteiger partial charge on any atom is -0.347 e. The number of aryl methyl sites for hydroxylation is 2. The van der Waals surface area contributed by atoms with Crippen LogP contribution in [0.4, 0.5) is 0 Å². The lowest BCUT2D eigenvalue weighted by Crippen LogP contribution is -2.26. The zero-order valence-electron chi connectivity index (χ0n) is 12.9. The number of hydrogen-bond acceptors (Lipinski definition) is 2. The summed E-state index contributed by atoms with van der Waals surface area (Å²) >= 11 is 0. The fourth-order valence-electron chi connectivity index (χ4n) is 3.07. The second-order valence-electron chi connectivity index (χ2n) is 5.71. The molecule has 1 aliphatic heterocycles. The first-order chi connectivity index (χ1) is 9.84. The Morgan fingerprint density at radius 1 is 0.952 bits per heavy atom. The molecule has 0 atom stereocenters. The van der Waals surface area contributed by atoms with Crippen molar-refractivity contribution in [3.63, 3.8) is 0 Å². The lowest BCUT2D eigenvalue weighted by Gasteiger charge is -2.07. The number of amides is 2. The van der Waals surface area contributed by atoms with Crippen molar-refractivity contribution in [1.82, 2.24) is 9.47 Å². The standard InChI is InChI=1S/C17H18N2O2/c1-9-6-7-13-12(8-9)15(11(3)18(13)4)14-10(2)16(20)19(5)17(14)21/h6-8H,1-5H3. The highest BCUT2D eigenvalue weighted by Crippen LogP contribution is 2.36. The third-order valence-electron chi connectivity index (χ3n) is 4.42. The molecule has 0 unspecified atom stereocenters. The lowest BCUT2D eigenvalue weighted by atomic mass is 9.98. The van der Waals surface area contributed by atoms with Gasteiger partial charge in [-0.1, -0.05) is 11.6 Å². The van der Waals surface area contributed by atoms with E-state index in [1.54, 1.807) is 6.92 Å². The van der Waals surface area contributed by atoms with E-state index >= 15 is 0 Å². The Hall–Kier alpha value is -2.36. The molecule has 2 heterocycles. The second-order valence-corrected chi connectivity index (χ2v) is 5.71. The second kappa shape index (κ2) is 4.32. The summed E-state index contributed by atoms with van der Waals surface area (Å²) in [5.41, 5.74) is 5.16. The smallest absolute Gasteiger partial charge is 0.261 e. The van der Waals surface area contributed by atoms with Gasteiger partial charge in [-0.2, -0.15) is 0 Å². The van der Waals surface area contributed by atoms with E-state index in [1.165, 1.54) is 11.9 Å². The summed E-state index contributed by atoms with van der Waals surface area (Å²) in [7, 11) is 3.52. The highest BCUT2D eigenvalue weighted by Gasteiger charge is 2.36. The van der Waals surface area contributed by atoms with E-state index < -0.39 is 0 Å². The molecule has 0 N–H and O–H groups in total. The predicted octanol–water partition coefficient (Wildman–Crippen LogP) is 2.57. The number of benzene rings is 1. The third kappa shape index (κ3) is 1.68. The van der Waals surface area contributed by atoms with Crippen LogP contribution < -0.4 is 0 Å². The fraction of sp³-hybridized carbons (Fsp3) is 0.294. The summed E-state index contributed by atoms with van der Waals surface area (Å²) < 4.78 is 2.07. The van der Waals surface area contributed by atoms with Gasteiger partial charge >= 0.3 is 0 Å². The van der Waals surface area contributed by atoms with Gasteiger partial charge in [0.2, 0.25) is 0 Å². The van der Waals surface area contributed by atoms with Crippen molar-refractivity contribution < 1.29 is 9.59 Å². The minimum atomic E-state index is -0.213. The summed E-state index contributed by atoms with van der Waals surface area (Å²) in [6.07, 6.45) is 0. The van der Waals surface area contributed by atoms with Gasteiger partial charge in [-0.15, -0.1) is 0 Å². The zero-order valence-corrected chi connectivity index (χ0v) is 12.9. The molecule has 0 bridgehead atoms. The van der Waals surface area contributed by atoms with Gasteiger partial charge in [0.25, 0.3) is 11.8 Å². The molecule has 0 radical (unpaired) electrons. The summed E-state index contributed by atoms with van der Waals surface area (Å²) in [6, 6.07) is 6.19. The van der Waals surface area contributed by atoms with Crippen molar-refractivity contribution in [1.29, 1.82) is 0 Å². The quantitative estimate of drug-likeness (QED) is 0.754. The van der Waals surface area contributed by atoms with Gasteiger partial charge in [0.1, 0.15) is 0 Å². The molecular weight excluding hydrogens is 264 g/mol. The van der Waals surface area contributed by atoms with Crippen LogP contribution >= 0.6 is 0 Å². The molecule has 4 heteroatoms. The topological polar surface area (TPSA) is 42.3 Å². The molecule has 0 aliphatic carbocycles. The molecular formula is C17H18N2O2. The largest absolute Gasteiger partial charge is 0.347 e. The number of hydrogen-bond donors (Lipinski definition) is 0. The average Bonchev–Trinajstić information content (AvgIpc) is 2.79. The fourth-order valence-corrected chi connectivity index (χ4v) is 3.07. The first kappa shape index (κ1) is 13.6. The van der Waals surface area contributed by atoms with Crippen LogP contribution in [-0.4, -0.2) is 28.3 Å². The van der Waals surface area contributed by atoms with Crippen LogP contribution in [0, 0.1) is 13.8 Å². The van der Waals surface area contributed by atoms with Crippen LogP contribution in [-0.2, 0) is 16.6 Å². The minimum absolute atomic E-state index is 0.209. The molecule has 4 nitrogen and oxygen atoms in total. The highest BCUT2D eigenvalue weighted by atomic mass is 16.2. The molecule has 0 fully saturated rings. The van der Waals surface area contributed by atoms with Crippen LogP contribution in [0.5, 0.6) is 0 Å². The van der Waals surface area contributed by atoms with Gasteiger partial charge in [0, 0.05) is 41.8 Å². The summed E-state index contributed by atoms with van der Waals surface area (Å²) in [6.45, 7) is 5.74. The summed E-state index contributed by atoms with van der Waals surface area (Å²) in [5.74, 6) is -0.423. The number of nitrogens with zero attached hydrogens (tertiary/aromatic N) is 2.